The number of aryl methyl sites for hydroxylation is 1. The number of ether oxygens (including phenoxy) is 4. The largest absolute Gasteiger partial charge is 0.493 e. The van der Waals surface area contributed by atoms with Crippen LogP contribution in [0.15, 0.2) is 182 Å². The maximum Gasteiger partial charge on any atom is 0.338 e. The quantitative estimate of drug-likeness (QED) is 0.0577. The van der Waals surface area contributed by atoms with Crippen molar-refractivity contribution in [2.75, 3.05) is 14.2 Å². The SMILES string of the molecule is CCCCc1nc(Cl)c(COC(=O)c2cc(OC)c(OCc3ccccc3)c(OC)c2)n1Cc1ccc(-c2ccccc2-c2nnn(C(c3ccccc3)(c3ccccc3)c3ccccc3)n2)cc1. The zero-order valence-corrected chi connectivity index (χ0v) is 39.4. The highest BCUT2D eigenvalue weighted by molar-refractivity contribution is 6.30. The van der Waals surface area contributed by atoms with Gasteiger partial charge in [-0.1, -0.05) is 195 Å². The molecule has 7 aromatic carbocycles. The summed E-state index contributed by atoms with van der Waals surface area (Å²) in [6, 6.07) is 60.3. The van der Waals surface area contributed by atoms with E-state index in [0.717, 1.165) is 63.2 Å². The number of halogens is 1. The van der Waals surface area contributed by atoms with Crippen molar-refractivity contribution in [2.24, 2.45) is 0 Å². The Labute approximate surface area is 406 Å². The van der Waals surface area contributed by atoms with Crippen LogP contribution in [0.2, 0.25) is 5.15 Å². The topological polar surface area (TPSA) is 115 Å². The Kier molecular flexibility index (Phi) is 14.2. The summed E-state index contributed by atoms with van der Waals surface area (Å²) in [5.41, 5.74) is 7.72. The number of carbonyl (C=O) groups excluding carboxylic acids is 1. The van der Waals surface area contributed by atoms with Gasteiger partial charge in [-0.25, -0.2) is 9.78 Å². The van der Waals surface area contributed by atoms with Crippen LogP contribution in [-0.4, -0.2) is 49.9 Å². The van der Waals surface area contributed by atoms with Gasteiger partial charge in [-0.15, -0.1) is 15.0 Å². The van der Waals surface area contributed by atoms with Crippen LogP contribution in [0.1, 0.15) is 69.5 Å². The second-order valence-electron chi connectivity index (χ2n) is 16.5. The predicted octanol–water partition coefficient (Wildman–Crippen LogP) is 12.0. The summed E-state index contributed by atoms with van der Waals surface area (Å²) in [6.07, 6.45) is 2.61. The average molecular weight is 936 g/mol. The molecule has 0 N–H and O–H groups in total. The first-order valence-electron chi connectivity index (χ1n) is 22.9. The number of methoxy groups -OCH3 is 2. The van der Waals surface area contributed by atoms with Gasteiger partial charge < -0.3 is 23.5 Å². The van der Waals surface area contributed by atoms with Crippen LogP contribution in [-0.2, 0) is 36.5 Å². The minimum absolute atomic E-state index is 0.104. The standard InChI is InChI=1S/C57H51ClN6O5/c1-4-5-30-52-59-54(58)49(39-69-56(65)43-35-50(66-2)53(51(36-43)67-3)68-38-41-20-10-6-11-21-41)63(52)37-40-31-33-42(34-32-40)47-28-18-19-29-48(47)55-60-62-64(61-55)57(44-22-12-7-13-23-44,45-24-14-8-15-25-45)46-26-16-9-17-27-46/h6-29,31-36H,4-5,30,37-39H2,1-3H3. The molecule has 0 saturated heterocycles. The van der Waals surface area contributed by atoms with Gasteiger partial charge in [-0.3, -0.25) is 0 Å². The fourth-order valence-corrected chi connectivity index (χ4v) is 8.95. The summed E-state index contributed by atoms with van der Waals surface area (Å²) in [7, 11) is 3.03. The summed E-state index contributed by atoms with van der Waals surface area (Å²) in [5.74, 6) is 1.80. The minimum Gasteiger partial charge on any atom is -0.493 e. The molecule has 0 radical (unpaired) electrons. The third-order valence-corrected chi connectivity index (χ3v) is 12.5. The molecule has 0 fully saturated rings. The molecule has 0 aliphatic heterocycles. The molecule has 346 valence electrons. The van der Waals surface area contributed by atoms with Crippen molar-refractivity contribution >= 4 is 17.6 Å². The maximum atomic E-state index is 13.7. The molecule has 0 spiro atoms. The number of carbonyl (C=O) groups is 1. The number of nitrogens with zero attached hydrogens (tertiary/aromatic N) is 6. The summed E-state index contributed by atoms with van der Waals surface area (Å²) in [5, 5.41) is 15.0. The zero-order valence-electron chi connectivity index (χ0n) is 38.7. The third kappa shape index (κ3) is 9.73. The first-order chi connectivity index (χ1) is 33.9. The Morgan fingerprint density at radius 1 is 0.652 bits per heavy atom. The van der Waals surface area contributed by atoms with E-state index in [2.05, 4.69) is 78.2 Å². The molecular weight excluding hydrogens is 884 g/mol. The number of aromatic nitrogens is 6. The van der Waals surface area contributed by atoms with Crippen molar-refractivity contribution in [1.82, 2.24) is 29.8 Å². The highest BCUT2D eigenvalue weighted by Gasteiger charge is 2.41. The maximum absolute atomic E-state index is 13.7. The molecule has 0 aliphatic carbocycles. The van der Waals surface area contributed by atoms with E-state index in [1.807, 2.05) is 103 Å². The van der Waals surface area contributed by atoms with Crippen molar-refractivity contribution in [2.45, 2.75) is 51.5 Å². The van der Waals surface area contributed by atoms with E-state index >= 15 is 0 Å². The monoisotopic (exact) mass is 934 g/mol. The van der Waals surface area contributed by atoms with Crippen LogP contribution in [0.4, 0.5) is 0 Å². The van der Waals surface area contributed by atoms with E-state index in [9.17, 15) is 4.79 Å². The van der Waals surface area contributed by atoms with Crippen molar-refractivity contribution in [1.29, 1.82) is 0 Å². The van der Waals surface area contributed by atoms with Crippen LogP contribution >= 0.6 is 11.6 Å². The fraction of sp³-hybridized carbons (Fsp3) is 0.175. The number of tetrazole rings is 1. The molecule has 11 nitrogen and oxygen atoms in total. The smallest absolute Gasteiger partial charge is 0.338 e. The van der Waals surface area contributed by atoms with Gasteiger partial charge in [-0.05, 0) is 62.7 Å². The van der Waals surface area contributed by atoms with Gasteiger partial charge in [0.2, 0.25) is 11.6 Å². The summed E-state index contributed by atoms with van der Waals surface area (Å²) < 4.78 is 25.4. The van der Waals surface area contributed by atoms with Gasteiger partial charge in [-0.2, -0.15) is 0 Å². The molecule has 9 rings (SSSR count). The number of benzene rings is 7. The van der Waals surface area contributed by atoms with E-state index in [1.54, 1.807) is 16.9 Å². The molecule has 0 unspecified atom stereocenters. The number of imidazole rings is 1. The molecular formula is C57H51ClN6O5. The molecule has 0 amide bonds. The first kappa shape index (κ1) is 46.1. The number of unbranched alkanes of at least 4 members (excludes halogenated alkanes) is 1. The lowest BCUT2D eigenvalue weighted by Crippen LogP contribution is -2.39. The van der Waals surface area contributed by atoms with Gasteiger partial charge in [0, 0.05) is 18.5 Å². The number of hydrogen-bond donors (Lipinski definition) is 0. The number of esters is 1. The highest BCUT2D eigenvalue weighted by atomic mass is 35.5. The third-order valence-electron chi connectivity index (χ3n) is 12.2. The molecule has 12 heteroatoms. The van der Waals surface area contributed by atoms with Crippen molar-refractivity contribution in [3.8, 4) is 39.8 Å². The van der Waals surface area contributed by atoms with E-state index < -0.39 is 11.5 Å². The summed E-state index contributed by atoms with van der Waals surface area (Å²) >= 11 is 6.84. The predicted molar refractivity (Wildman–Crippen MR) is 268 cm³/mol. The van der Waals surface area contributed by atoms with Crippen molar-refractivity contribution in [3.63, 3.8) is 0 Å². The fourth-order valence-electron chi connectivity index (χ4n) is 8.69. The van der Waals surface area contributed by atoms with Crippen LogP contribution in [0.3, 0.4) is 0 Å². The molecule has 69 heavy (non-hydrogen) atoms. The number of hydrogen-bond acceptors (Lipinski definition) is 9. The Hall–Kier alpha value is -8.02. The van der Waals surface area contributed by atoms with Gasteiger partial charge in [0.25, 0.3) is 0 Å². The van der Waals surface area contributed by atoms with Crippen LogP contribution < -0.4 is 14.2 Å². The van der Waals surface area contributed by atoms with Gasteiger partial charge in [0.15, 0.2) is 22.2 Å². The zero-order chi connectivity index (χ0) is 47.6. The second kappa shape index (κ2) is 21.3. The Morgan fingerprint density at radius 3 is 1.77 bits per heavy atom. The van der Waals surface area contributed by atoms with E-state index in [0.29, 0.717) is 48.3 Å². The Bertz CT molecular complexity index is 3000. The Balaban J connectivity index is 0.978. The molecule has 0 saturated carbocycles. The highest BCUT2D eigenvalue weighted by Crippen LogP contribution is 2.42. The van der Waals surface area contributed by atoms with Gasteiger partial charge in [0.1, 0.15) is 19.0 Å². The lowest BCUT2D eigenvalue weighted by molar-refractivity contribution is 0.0463. The van der Waals surface area contributed by atoms with Crippen LogP contribution in [0, 0.1) is 0 Å². The molecule has 0 atom stereocenters. The average Bonchev–Trinajstić information content (AvgIpc) is 4.02. The van der Waals surface area contributed by atoms with Crippen LogP contribution in [0.25, 0.3) is 22.5 Å². The summed E-state index contributed by atoms with van der Waals surface area (Å²) in [6.45, 7) is 2.78. The van der Waals surface area contributed by atoms with Gasteiger partial charge in [0.05, 0.1) is 25.5 Å². The molecule has 0 aliphatic rings. The molecule has 2 aromatic heterocycles. The summed E-state index contributed by atoms with van der Waals surface area (Å²) in [4.78, 5) is 20.2. The number of rotatable bonds is 19. The van der Waals surface area contributed by atoms with E-state index in [4.69, 9.17) is 50.9 Å². The van der Waals surface area contributed by atoms with E-state index in [1.165, 1.54) is 14.2 Å². The normalized spacial score (nSPS) is 11.3. The minimum atomic E-state index is -0.903. The van der Waals surface area contributed by atoms with E-state index in [-0.39, 0.29) is 17.3 Å². The van der Waals surface area contributed by atoms with Crippen LogP contribution in [0.5, 0.6) is 17.2 Å². The van der Waals surface area contributed by atoms with Crippen molar-refractivity contribution in [3.05, 3.63) is 232 Å². The molecule has 0 bridgehead atoms. The molecule has 2 heterocycles. The van der Waals surface area contributed by atoms with Gasteiger partial charge >= 0.3 is 5.97 Å². The lowest BCUT2D eigenvalue weighted by atomic mass is 9.77. The second-order valence-corrected chi connectivity index (χ2v) is 16.8. The Morgan fingerprint density at radius 2 is 1.20 bits per heavy atom. The first-order valence-corrected chi connectivity index (χ1v) is 23.3. The lowest BCUT2D eigenvalue weighted by Gasteiger charge is -2.34. The van der Waals surface area contributed by atoms with Crippen molar-refractivity contribution < 1.29 is 23.7 Å². The molecule has 9 aromatic rings.